The zero-order valence-corrected chi connectivity index (χ0v) is 36.2. The minimum Gasteiger partial charge on any atom is -0.508 e. The molecule has 2 aromatic heterocycles. The molecule has 8 nitrogen and oxygen atoms in total. The quantitative estimate of drug-likeness (QED) is 0.173. The normalized spacial score (nSPS) is 20.8. The van der Waals surface area contributed by atoms with Crippen LogP contribution in [0.5, 0.6) is 5.75 Å². The summed E-state index contributed by atoms with van der Waals surface area (Å²) in [5.41, 5.74) is 9.64. The second-order valence-electron chi connectivity index (χ2n) is 17.6. The van der Waals surface area contributed by atoms with Crippen molar-refractivity contribution >= 4 is 28.4 Å². The van der Waals surface area contributed by atoms with Crippen LogP contribution in [0.15, 0.2) is 89.9 Å². The summed E-state index contributed by atoms with van der Waals surface area (Å²) in [5.74, 6) is 1.48. The number of anilines is 2. The van der Waals surface area contributed by atoms with Crippen molar-refractivity contribution in [2.75, 3.05) is 55.6 Å². The lowest BCUT2D eigenvalue weighted by atomic mass is 9.69. The van der Waals surface area contributed by atoms with Crippen molar-refractivity contribution in [1.29, 1.82) is 0 Å². The molecule has 10 rings (SSSR count). The summed E-state index contributed by atoms with van der Waals surface area (Å²) in [7, 11) is 0. The fourth-order valence-corrected chi connectivity index (χ4v) is 11.7. The van der Waals surface area contributed by atoms with Crippen molar-refractivity contribution in [3.8, 4) is 10.8 Å². The number of aromatic nitrogens is 3. The molecule has 3 aliphatic heterocycles. The molecular weight excluding hydrogens is 785 g/mol. The summed E-state index contributed by atoms with van der Waals surface area (Å²) in [6, 6.07) is 27.2. The van der Waals surface area contributed by atoms with Gasteiger partial charge in [0.1, 0.15) is 34.3 Å². The fraction of sp³-hybridized carbons (Fsp3) is 0.380. The Hall–Kier alpha value is -5.39. The molecule has 0 bridgehead atoms. The highest BCUT2D eigenvalue weighted by molar-refractivity contribution is 7.15. The lowest BCUT2D eigenvalue weighted by Gasteiger charge is -2.40. The molecule has 2 saturated heterocycles. The maximum atomic E-state index is 16.4. The van der Waals surface area contributed by atoms with E-state index in [-0.39, 0.29) is 35.3 Å². The number of nitrogens with zero attached hydrogens (tertiary/aromatic N) is 7. The van der Waals surface area contributed by atoms with Gasteiger partial charge in [0, 0.05) is 79.5 Å². The third kappa shape index (κ3) is 7.33. The Morgan fingerprint density at radius 3 is 2.28 bits per heavy atom. The minimum atomic E-state index is -0.374. The first kappa shape index (κ1) is 39.7. The first-order valence-corrected chi connectivity index (χ1v) is 22.7. The van der Waals surface area contributed by atoms with Gasteiger partial charge in [0.2, 0.25) is 0 Å². The van der Waals surface area contributed by atoms with Crippen LogP contribution in [0.25, 0.3) is 5.00 Å². The minimum absolute atomic E-state index is 0.00399. The molecule has 4 aromatic carbocycles. The monoisotopic (exact) mass is 837 g/mol. The molecule has 0 unspecified atom stereocenters. The number of piperazine rings is 1. The van der Waals surface area contributed by atoms with E-state index in [1.54, 1.807) is 23.5 Å². The number of fused-ring (bicyclic) bond motifs is 4. The molecule has 5 heterocycles. The molecule has 2 fully saturated rings. The van der Waals surface area contributed by atoms with Gasteiger partial charge in [0.05, 0.1) is 11.4 Å². The molecule has 0 saturated carbocycles. The number of halogens is 2. The number of piperidine rings is 1. The van der Waals surface area contributed by atoms with Crippen molar-refractivity contribution in [2.45, 2.75) is 71.3 Å². The molecule has 4 aliphatic rings. The zero-order chi connectivity index (χ0) is 41.9. The molecule has 61 heavy (non-hydrogen) atoms. The van der Waals surface area contributed by atoms with Crippen LogP contribution in [-0.4, -0.2) is 76.3 Å². The third-order valence-corrected chi connectivity index (χ3v) is 15.1. The number of phenols is 1. The number of aryl methyl sites for hydroxylation is 3. The highest BCUT2D eigenvalue weighted by Gasteiger charge is 2.36. The number of phenolic OH excluding ortho intramolecular Hbond substituents is 1. The standard InChI is InChI=1S/C50H53F2N7OS/c1-30-32(3)61-50-46(30)48(53-31(2)49-55-54-33(4)59(49)50)36-10-13-38(14-11-36)57-20-18-34(19-21-57)29-56-22-24-58(25-23-56)45-28-43(51)42(27-44(45)52)47-40(35-8-6-5-7-9-35)16-12-37-26-39(60)15-17-41(37)47/h5-11,13-15,17,26-28,31,34,40,47,60H,12,16,18-25,29H2,1-4H3/t31-,40+,47-/m0/s1. The van der Waals surface area contributed by atoms with Crippen LogP contribution in [0.3, 0.4) is 0 Å². The largest absolute Gasteiger partial charge is 0.508 e. The first-order valence-electron chi connectivity index (χ1n) is 21.9. The van der Waals surface area contributed by atoms with Gasteiger partial charge in [-0.3, -0.25) is 14.5 Å². The van der Waals surface area contributed by atoms with Crippen LogP contribution in [0.2, 0.25) is 0 Å². The Balaban J connectivity index is 0.768. The predicted molar refractivity (Wildman–Crippen MR) is 241 cm³/mol. The SMILES string of the molecule is Cc1sc2c(c1C)C(c1ccc(N3CCC(CN4CCN(c5cc(F)c([C@@H]6c7ccc(O)cc7CC[C@@H]6c6ccccc6)cc5F)CC4)CC3)cc1)=N[C@@H](C)c1nnc(C)n1-2. The maximum Gasteiger partial charge on any atom is 0.162 e. The van der Waals surface area contributed by atoms with E-state index in [0.29, 0.717) is 30.3 Å². The highest BCUT2D eigenvalue weighted by atomic mass is 32.1. The van der Waals surface area contributed by atoms with Crippen molar-refractivity contribution in [2.24, 2.45) is 10.9 Å². The fourth-order valence-electron chi connectivity index (χ4n) is 10.5. The van der Waals surface area contributed by atoms with Crippen molar-refractivity contribution in [3.05, 3.63) is 152 Å². The van der Waals surface area contributed by atoms with Crippen LogP contribution < -0.4 is 9.80 Å². The Morgan fingerprint density at radius 1 is 0.770 bits per heavy atom. The van der Waals surface area contributed by atoms with Crippen LogP contribution in [0.1, 0.15) is 99.5 Å². The second-order valence-corrected chi connectivity index (χ2v) is 18.8. The van der Waals surface area contributed by atoms with Gasteiger partial charge in [0.15, 0.2) is 5.82 Å². The number of aliphatic imine (C=N–C) groups is 1. The number of hydrogen-bond donors (Lipinski definition) is 1. The van der Waals surface area contributed by atoms with Gasteiger partial charge in [-0.15, -0.1) is 21.5 Å². The number of thiophene rings is 1. The molecule has 0 spiro atoms. The Kier molecular flexibility index (Phi) is 10.5. The van der Waals surface area contributed by atoms with Crippen molar-refractivity contribution < 1.29 is 13.9 Å². The molecule has 11 heteroatoms. The van der Waals surface area contributed by atoms with Crippen LogP contribution in [0.4, 0.5) is 20.2 Å². The lowest BCUT2D eigenvalue weighted by molar-refractivity contribution is 0.201. The van der Waals surface area contributed by atoms with Crippen molar-refractivity contribution in [1.82, 2.24) is 19.7 Å². The molecule has 0 amide bonds. The van der Waals surface area contributed by atoms with Gasteiger partial charge < -0.3 is 14.9 Å². The summed E-state index contributed by atoms with van der Waals surface area (Å²) in [4.78, 5) is 13.5. The van der Waals surface area contributed by atoms with Crippen LogP contribution in [0, 0.1) is 38.3 Å². The molecule has 6 aromatic rings. The molecule has 1 N–H and O–H groups in total. The molecule has 314 valence electrons. The molecular formula is C50H53F2N7OS. The second kappa shape index (κ2) is 16.1. The van der Waals surface area contributed by atoms with Gasteiger partial charge in [-0.2, -0.15) is 0 Å². The summed E-state index contributed by atoms with van der Waals surface area (Å²) in [6.45, 7) is 14.5. The number of aromatic hydroxyl groups is 1. The summed E-state index contributed by atoms with van der Waals surface area (Å²) in [5, 5.41) is 20.3. The first-order chi connectivity index (χ1) is 29.6. The number of hydrogen-bond acceptors (Lipinski definition) is 8. The van der Waals surface area contributed by atoms with Gasteiger partial charge in [0.25, 0.3) is 0 Å². The topological polar surface area (TPSA) is 73.0 Å². The van der Waals surface area contributed by atoms with E-state index < -0.39 is 0 Å². The van der Waals surface area contributed by atoms with Gasteiger partial charge in [-0.1, -0.05) is 48.5 Å². The Labute approximate surface area is 361 Å². The van der Waals surface area contributed by atoms with Gasteiger partial charge in [-0.25, -0.2) is 8.78 Å². The number of benzene rings is 4. The smallest absolute Gasteiger partial charge is 0.162 e. The van der Waals surface area contributed by atoms with E-state index in [4.69, 9.17) is 4.99 Å². The van der Waals surface area contributed by atoms with Crippen LogP contribution in [-0.2, 0) is 6.42 Å². The molecule has 0 radical (unpaired) electrons. The summed E-state index contributed by atoms with van der Waals surface area (Å²) in [6.07, 6.45) is 3.81. The van der Waals surface area contributed by atoms with E-state index in [2.05, 4.69) is 81.7 Å². The summed E-state index contributed by atoms with van der Waals surface area (Å²) < 4.78 is 34.7. The Bertz CT molecular complexity index is 2600. The average molecular weight is 838 g/mol. The number of rotatable bonds is 7. The summed E-state index contributed by atoms with van der Waals surface area (Å²) >= 11 is 1.79. The van der Waals surface area contributed by atoms with E-state index in [1.165, 1.54) is 33.8 Å². The third-order valence-electron chi connectivity index (χ3n) is 13.9. The van der Waals surface area contributed by atoms with Gasteiger partial charge in [-0.05, 0) is 123 Å². The molecule has 3 atom stereocenters. The zero-order valence-electron chi connectivity index (χ0n) is 35.4. The van der Waals surface area contributed by atoms with E-state index in [9.17, 15) is 5.11 Å². The maximum absolute atomic E-state index is 16.4. The van der Waals surface area contributed by atoms with E-state index in [0.717, 1.165) is 103 Å². The lowest BCUT2D eigenvalue weighted by Crippen LogP contribution is -2.49. The average Bonchev–Trinajstić information content (AvgIpc) is 3.77. The van der Waals surface area contributed by atoms with Crippen molar-refractivity contribution in [3.63, 3.8) is 0 Å². The van der Waals surface area contributed by atoms with Gasteiger partial charge >= 0.3 is 0 Å². The molecule has 1 aliphatic carbocycles. The van der Waals surface area contributed by atoms with Crippen LogP contribution >= 0.6 is 11.3 Å². The Morgan fingerprint density at radius 2 is 1.52 bits per heavy atom. The van der Waals surface area contributed by atoms with E-state index in [1.807, 2.05) is 36.1 Å². The predicted octanol–water partition coefficient (Wildman–Crippen LogP) is 10.1. The highest BCUT2D eigenvalue weighted by Crippen LogP contribution is 2.48. The van der Waals surface area contributed by atoms with E-state index >= 15 is 8.78 Å².